The fourth-order valence-electron chi connectivity index (χ4n) is 1.85. The molecule has 0 amide bonds. The highest BCUT2D eigenvalue weighted by atomic mass is 15.2. The molecule has 0 saturated carbocycles. The van der Waals surface area contributed by atoms with E-state index in [0.717, 1.165) is 23.6 Å². The first-order valence-electron chi connectivity index (χ1n) is 7.42. The molecule has 0 aromatic carbocycles. The average molecular weight is 285 g/mol. The molecule has 5 nitrogen and oxygen atoms in total. The molecule has 0 aliphatic heterocycles. The second-order valence-electron chi connectivity index (χ2n) is 5.43. The topological polar surface area (TPSA) is 62.7 Å². The zero-order valence-corrected chi connectivity index (χ0v) is 13.1. The van der Waals surface area contributed by atoms with Crippen LogP contribution in [0.3, 0.4) is 0 Å². The Hall–Kier alpha value is -2.17. The summed E-state index contributed by atoms with van der Waals surface area (Å²) in [6, 6.07) is 8.39. The number of nitrogens with zero attached hydrogens (tertiary/aromatic N) is 3. The fraction of sp³-hybridized carbons (Fsp3) is 0.438. The molecule has 2 N–H and O–H groups in total. The Bertz CT molecular complexity index is 568. The molecule has 2 heterocycles. The van der Waals surface area contributed by atoms with Crippen LogP contribution in [0.4, 0.5) is 11.8 Å². The van der Waals surface area contributed by atoms with Crippen molar-refractivity contribution in [1.82, 2.24) is 15.0 Å². The molecule has 0 bridgehead atoms. The molecule has 0 aliphatic carbocycles. The minimum Gasteiger partial charge on any atom is -0.368 e. The van der Waals surface area contributed by atoms with Gasteiger partial charge in [-0.15, -0.1) is 0 Å². The molecule has 21 heavy (non-hydrogen) atoms. The Morgan fingerprint density at radius 1 is 1.05 bits per heavy atom. The Morgan fingerprint density at radius 3 is 2.48 bits per heavy atom. The average Bonchev–Trinajstić information content (AvgIpc) is 2.47. The summed E-state index contributed by atoms with van der Waals surface area (Å²) in [6.45, 7) is 8.43. The largest absolute Gasteiger partial charge is 0.368 e. The number of aromatic nitrogens is 3. The van der Waals surface area contributed by atoms with Gasteiger partial charge >= 0.3 is 0 Å². The quantitative estimate of drug-likeness (QED) is 0.849. The van der Waals surface area contributed by atoms with Gasteiger partial charge in [-0.05, 0) is 39.3 Å². The lowest BCUT2D eigenvalue weighted by atomic mass is 10.2. The van der Waals surface area contributed by atoms with Crippen molar-refractivity contribution in [2.75, 3.05) is 10.6 Å². The number of rotatable bonds is 6. The molecular weight excluding hydrogens is 262 g/mol. The van der Waals surface area contributed by atoms with Crippen LogP contribution >= 0.6 is 0 Å². The van der Waals surface area contributed by atoms with Crippen LogP contribution in [0, 0.1) is 0 Å². The van der Waals surface area contributed by atoms with Gasteiger partial charge in [-0.25, -0.2) is 4.98 Å². The van der Waals surface area contributed by atoms with Gasteiger partial charge in [0.25, 0.3) is 0 Å². The summed E-state index contributed by atoms with van der Waals surface area (Å²) in [7, 11) is 0. The van der Waals surface area contributed by atoms with Gasteiger partial charge in [-0.2, -0.15) is 4.98 Å². The lowest BCUT2D eigenvalue weighted by Gasteiger charge is -2.15. The zero-order valence-electron chi connectivity index (χ0n) is 13.1. The number of nitrogens with one attached hydrogen (secondary N) is 2. The van der Waals surface area contributed by atoms with Crippen molar-refractivity contribution in [1.29, 1.82) is 0 Å². The van der Waals surface area contributed by atoms with Gasteiger partial charge < -0.3 is 10.6 Å². The van der Waals surface area contributed by atoms with Crippen molar-refractivity contribution in [2.45, 2.75) is 46.2 Å². The van der Waals surface area contributed by atoms with Gasteiger partial charge in [-0.3, -0.25) is 4.98 Å². The van der Waals surface area contributed by atoms with Crippen LogP contribution in [0.25, 0.3) is 11.4 Å². The van der Waals surface area contributed by atoms with E-state index in [-0.39, 0.29) is 0 Å². The third kappa shape index (κ3) is 4.41. The smallest absolute Gasteiger partial charge is 0.225 e. The predicted molar refractivity (Wildman–Crippen MR) is 87.4 cm³/mol. The van der Waals surface area contributed by atoms with Crippen molar-refractivity contribution >= 4 is 11.8 Å². The molecule has 112 valence electrons. The summed E-state index contributed by atoms with van der Waals surface area (Å²) in [5, 5.41) is 6.65. The van der Waals surface area contributed by atoms with Crippen LogP contribution in [0.1, 0.15) is 34.1 Å². The molecule has 0 saturated heterocycles. The Morgan fingerprint density at radius 2 is 1.86 bits per heavy atom. The summed E-state index contributed by atoms with van der Waals surface area (Å²) in [5.74, 6) is 1.45. The first-order chi connectivity index (χ1) is 10.1. The maximum absolute atomic E-state index is 4.57. The lowest BCUT2D eigenvalue weighted by molar-refractivity contribution is 0.752. The van der Waals surface area contributed by atoms with E-state index in [2.05, 4.69) is 53.3 Å². The molecule has 2 aromatic heterocycles. The van der Waals surface area contributed by atoms with Gasteiger partial charge in [0.2, 0.25) is 5.95 Å². The van der Waals surface area contributed by atoms with Crippen LogP contribution in [0.15, 0.2) is 30.5 Å². The molecule has 0 unspecified atom stereocenters. The number of anilines is 2. The van der Waals surface area contributed by atoms with Crippen LogP contribution in [-0.4, -0.2) is 27.0 Å². The summed E-state index contributed by atoms with van der Waals surface area (Å²) in [6.07, 6.45) is 2.79. The molecular formula is C16H23N5. The maximum atomic E-state index is 4.57. The monoisotopic (exact) mass is 285 g/mol. The van der Waals surface area contributed by atoms with E-state index in [0.29, 0.717) is 18.0 Å². The van der Waals surface area contributed by atoms with E-state index < -0.39 is 0 Å². The standard InChI is InChI=1S/C16H23N5/c1-5-12(4)19-16-20-14(13-8-6-7-9-17-13)10-15(21-16)18-11(2)3/h6-12H,5H2,1-4H3,(H2,18,19,20,21)/t12-/m0/s1. The third-order valence-corrected chi connectivity index (χ3v) is 3.08. The SMILES string of the molecule is CC[C@H](C)Nc1nc(NC(C)C)cc(-c2ccccn2)n1. The van der Waals surface area contributed by atoms with Crippen molar-refractivity contribution in [2.24, 2.45) is 0 Å². The van der Waals surface area contributed by atoms with Crippen molar-refractivity contribution in [3.63, 3.8) is 0 Å². The van der Waals surface area contributed by atoms with E-state index in [1.165, 1.54) is 0 Å². The second kappa shape index (κ2) is 7.02. The minimum atomic E-state index is 0.313. The van der Waals surface area contributed by atoms with Crippen LogP contribution in [-0.2, 0) is 0 Å². The molecule has 0 radical (unpaired) electrons. The van der Waals surface area contributed by atoms with E-state index in [9.17, 15) is 0 Å². The van der Waals surface area contributed by atoms with Gasteiger partial charge in [0.1, 0.15) is 5.82 Å². The Labute approximate surface area is 126 Å². The predicted octanol–water partition coefficient (Wildman–Crippen LogP) is 3.57. The fourth-order valence-corrected chi connectivity index (χ4v) is 1.85. The molecule has 2 rings (SSSR count). The van der Waals surface area contributed by atoms with Crippen LogP contribution < -0.4 is 10.6 Å². The molecule has 0 spiro atoms. The second-order valence-corrected chi connectivity index (χ2v) is 5.43. The minimum absolute atomic E-state index is 0.313. The summed E-state index contributed by atoms with van der Waals surface area (Å²) < 4.78 is 0. The van der Waals surface area contributed by atoms with E-state index in [1.807, 2.05) is 24.3 Å². The van der Waals surface area contributed by atoms with Crippen molar-refractivity contribution < 1.29 is 0 Å². The van der Waals surface area contributed by atoms with Crippen molar-refractivity contribution in [3.05, 3.63) is 30.5 Å². The first kappa shape index (κ1) is 15.2. The van der Waals surface area contributed by atoms with Crippen molar-refractivity contribution in [3.8, 4) is 11.4 Å². The van der Waals surface area contributed by atoms with Gasteiger partial charge in [-0.1, -0.05) is 13.0 Å². The summed E-state index contributed by atoms with van der Waals surface area (Å²) in [4.78, 5) is 13.5. The summed E-state index contributed by atoms with van der Waals surface area (Å²) >= 11 is 0. The van der Waals surface area contributed by atoms with Gasteiger partial charge in [0.15, 0.2) is 0 Å². The first-order valence-corrected chi connectivity index (χ1v) is 7.42. The normalized spacial score (nSPS) is 12.2. The number of pyridine rings is 1. The van der Waals surface area contributed by atoms with Crippen LogP contribution in [0.5, 0.6) is 0 Å². The van der Waals surface area contributed by atoms with Crippen LogP contribution in [0.2, 0.25) is 0 Å². The Kier molecular flexibility index (Phi) is 5.09. The Balaban J connectivity index is 2.37. The number of hydrogen-bond acceptors (Lipinski definition) is 5. The lowest BCUT2D eigenvalue weighted by Crippen LogP contribution is -2.18. The summed E-state index contributed by atoms with van der Waals surface area (Å²) in [5.41, 5.74) is 1.67. The molecule has 2 aromatic rings. The molecule has 0 fully saturated rings. The highest BCUT2D eigenvalue weighted by molar-refractivity contribution is 5.61. The van der Waals surface area contributed by atoms with E-state index >= 15 is 0 Å². The third-order valence-electron chi connectivity index (χ3n) is 3.08. The molecule has 5 heteroatoms. The van der Waals surface area contributed by atoms with E-state index in [1.54, 1.807) is 6.20 Å². The number of hydrogen-bond donors (Lipinski definition) is 2. The van der Waals surface area contributed by atoms with E-state index in [4.69, 9.17) is 0 Å². The molecule has 0 aliphatic rings. The molecule has 1 atom stereocenters. The van der Waals surface area contributed by atoms with Gasteiger partial charge in [0.05, 0.1) is 11.4 Å². The van der Waals surface area contributed by atoms with Gasteiger partial charge in [0, 0.05) is 24.3 Å². The highest BCUT2D eigenvalue weighted by Gasteiger charge is 2.09. The maximum Gasteiger partial charge on any atom is 0.225 e. The zero-order chi connectivity index (χ0) is 15.2. The highest BCUT2D eigenvalue weighted by Crippen LogP contribution is 2.20.